The first kappa shape index (κ1) is 13.1. The number of aliphatic hydroxyl groups is 1. The second-order valence-electron chi connectivity index (χ2n) is 3.28. The summed E-state index contributed by atoms with van der Waals surface area (Å²) < 4.78 is 10.1. The van der Waals surface area contributed by atoms with E-state index in [1.54, 1.807) is 0 Å². The third kappa shape index (κ3) is 2.57. The van der Waals surface area contributed by atoms with Crippen molar-refractivity contribution in [3.63, 3.8) is 0 Å². The number of carboxylic acid groups (broad SMARTS) is 1. The van der Waals surface area contributed by atoms with Crippen LogP contribution in [0.3, 0.4) is 0 Å². The maximum Gasteiger partial charge on any atom is 0.335 e. The Morgan fingerprint density at radius 1 is 1.35 bits per heavy atom. The Kier molecular flexibility index (Phi) is 4.12. The smallest absolute Gasteiger partial charge is 0.335 e. The van der Waals surface area contributed by atoms with Gasteiger partial charge in [-0.1, -0.05) is 6.08 Å². The molecule has 0 saturated carbocycles. The van der Waals surface area contributed by atoms with Crippen molar-refractivity contribution >= 4 is 5.97 Å². The Morgan fingerprint density at radius 3 is 2.12 bits per heavy atom. The van der Waals surface area contributed by atoms with Crippen LogP contribution >= 0.6 is 0 Å². The molecule has 1 unspecified atom stereocenters. The lowest BCUT2D eigenvalue weighted by Gasteiger charge is -2.16. The van der Waals surface area contributed by atoms with Gasteiger partial charge in [-0.15, -0.1) is 6.58 Å². The average molecular weight is 238 g/mol. The second-order valence-corrected chi connectivity index (χ2v) is 3.28. The predicted molar refractivity (Wildman–Crippen MR) is 61.7 cm³/mol. The fourth-order valence-electron chi connectivity index (χ4n) is 1.47. The van der Waals surface area contributed by atoms with Crippen LogP contribution in [0.1, 0.15) is 22.0 Å². The van der Waals surface area contributed by atoms with E-state index in [0.717, 1.165) is 0 Å². The Balaban J connectivity index is 3.46. The Hall–Kier alpha value is -2.01. The zero-order valence-electron chi connectivity index (χ0n) is 9.64. The van der Waals surface area contributed by atoms with Gasteiger partial charge in [0.1, 0.15) is 17.6 Å². The van der Waals surface area contributed by atoms with Crippen molar-refractivity contribution in [3.8, 4) is 11.5 Å². The van der Waals surface area contributed by atoms with Gasteiger partial charge in [0, 0.05) is 0 Å². The highest BCUT2D eigenvalue weighted by Crippen LogP contribution is 2.36. The summed E-state index contributed by atoms with van der Waals surface area (Å²) in [6, 6.07) is 2.65. The quantitative estimate of drug-likeness (QED) is 0.762. The highest BCUT2D eigenvalue weighted by Gasteiger charge is 2.19. The van der Waals surface area contributed by atoms with Crippen molar-refractivity contribution in [3.05, 3.63) is 35.9 Å². The van der Waals surface area contributed by atoms with Gasteiger partial charge in [-0.25, -0.2) is 4.79 Å². The fraction of sp³-hybridized carbons (Fsp3) is 0.250. The van der Waals surface area contributed by atoms with Gasteiger partial charge in [0.2, 0.25) is 0 Å². The molecular formula is C12H14O5. The molecule has 5 nitrogen and oxygen atoms in total. The van der Waals surface area contributed by atoms with Crippen LogP contribution in [0, 0.1) is 0 Å². The molecule has 0 radical (unpaired) electrons. The number of ether oxygens (including phenoxy) is 2. The van der Waals surface area contributed by atoms with E-state index < -0.39 is 12.1 Å². The van der Waals surface area contributed by atoms with Crippen LogP contribution in [0.4, 0.5) is 0 Å². The van der Waals surface area contributed by atoms with Gasteiger partial charge in [0.25, 0.3) is 0 Å². The number of benzene rings is 1. The molecule has 0 amide bonds. The van der Waals surface area contributed by atoms with Crippen LogP contribution in [0.2, 0.25) is 0 Å². The highest BCUT2D eigenvalue weighted by atomic mass is 16.5. The molecule has 1 atom stereocenters. The van der Waals surface area contributed by atoms with E-state index in [1.165, 1.54) is 32.4 Å². The number of methoxy groups -OCH3 is 2. The molecular weight excluding hydrogens is 224 g/mol. The molecule has 1 aromatic carbocycles. The first-order chi connectivity index (χ1) is 8.04. The minimum atomic E-state index is -1.10. The first-order valence-corrected chi connectivity index (χ1v) is 4.85. The second kappa shape index (κ2) is 5.36. The number of aliphatic hydroxyl groups excluding tert-OH is 1. The lowest BCUT2D eigenvalue weighted by atomic mass is 10.0. The third-order valence-corrected chi connectivity index (χ3v) is 2.31. The molecule has 0 aromatic heterocycles. The first-order valence-electron chi connectivity index (χ1n) is 4.85. The number of carbonyl (C=O) groups is 1. The van der Waals surface area contributed by atoms with Gasteiger partial charge in [-0.3, -0.25) is 0 Å². The zero-order valence-corrected chi connectivity index (χ0v) is 9.64. The topological polar surface area (TPSA) is 76.0 Å². The van der Waals surface area contributed by atoms with Crippen molar-refractivity contribution in [2.24, 2.45) is 0 Å². The standard InChI is InChI=1S/C12H14O5/c1-4-8(13)11-9(16-2)5-7(12(14)15)6-10(11)17-3/h4-6,8,13H,1H2,2-3H3,(H,14,15). The molecule has 1 aromatic rings. The lowest BCUT2D eigenvalue weighted by molar-refractivity contribution is 0.0695. The van der Waals surface area contributed by atoms with Crippen LogP contribution in [-0.2, 0) is 0 Å². The maximum absolute atomic E-state index is 10.9. The van der Waals surface area contributed by atoms with E-state index in [4.69, 9.17) is 14.6 Å². The molecule has 0 spiro atoms. The summed E-state index contributed by atoms with van der Waals surface area (Å²) >= 11 is 0. The molecule has 0 fully saturated rings. The van der Waals surface area contributed by atoms with Crippen LogP contribution in [-0.4, -0.2) is 30.4 Å². The number of hydrogen-bond acceptors (Lipinski definition) is 4. The van der Waals surface area contributed by atoms with Gasteiger partial charge in [-0.05, 0) is 12.1 Å². The summed E-state index contributed by atoms with van der Waals surface area (Å²) in [5, 5.41) is 18.7. The van der Waals surface area contributed by atoms with E-state index in [0.29, 0.717) is 5.56 Å². The summed E-state index contributed by atoms with van der Waals surface area (Å²) in [5.41, 5.74) is 0.383. The largest absolute Gasteiger partial charge is 0.496 e. The van der Waals surface area contributed by atoms with Gasteiger partial charge in [0.15, 0.2) is 0 Å². The average Bonchev–Trinajstić information content (AvgIpc) is 2.35. The van der Waals surface area contributed by atoms with Crippen molar-refractivity contribution in [2.45, 2.75) is 6.10 Å². The monoisotopic (exact) mass is 238 g/mol. The molecule has 92 valence electrons. The molecule has 0 aliphatic rings. The van der Waals surface area contributed by atoms with Crippen molar-refractivity contribution < 1.29 is 24.5 Å². The molecule has 5 heteroatoms. The molecule has 0 saturated heterocycles. The number of hydrogen-bond donors (Lipinski definition) is 2. The van der Waals surface area contributed by atoms with E-state index in [9.17, 15) is 9.90 Å². The Labute approximate surface area is 98.9 Å². The van der Waals surface area contributed by atoms with E-state index >= 15 is 0 Å². The summed E-state index contributed by atoms with van der Waals surface area (Å²) in [4.78, 5) is 10.9. The van der Waals surface area contributed by atoms with Crippen molar-refractivity contribution in [1.82, 2.24) is 0 Å². The van der Waals surface area contributed by atoms with Gasteiger partial charge in [0.05, 0.1) is 25.3 Å². The third-order valence-electron chi connectivity index (χ3n) is 2.31. The summed E-state index contributed by atoms with van der Waals surface area (Å²) in [7, 11) is 2.78. The van der Waals surface area contributed by atoms with Gasteiger partial charge < -0.3 is 19.7 Å². The number of aromatic carboxylic acids is 1. The van der Waals surface area contributed by atoms with Gasteiger partial charge >= 0.3 is 5.97 Å². The Morgan fingerprint density at radius 2 is 1.82 bits per heavy atom. The molecule has 1 rings (SSSR count). The SMILES string of the molecule is C=CC(O)c1c(OC)cc(C(=O)O)cc1OC. The summed E-state index contributed by atoms with van der Waals surface area (Å²) in [6.07, 6.45) is 0.323. The molecule has 0 bridgehead atoms. The van der Waals surface area contributed by atoms with Crippen molar-refractivity contribution in [1.29, 1.82) is 0 Å². The maximum atomic E-state index is 10.9. The normalized spacial score (nSPS) is 11.7. The molecule has 17 heavy (non-hydrogen) atoms. The van der Waals surface area contributed by atoms with Crippen molar-refractivity contribution in [2.75, 3.05) is 14.2 Å². The predicted octanol–water partition coefficient (Wildman–Crippen LogP) is 1.62. The van der Waals surface area contributed by atoms with E-state index in [-0.39, 0.29) is 17.1 Å². The molecule has 0 aliphatic heterocycles. The Bertz CT molecular complexity index is 414. The minimum Gasteiger partial charge on any atom is -0.496 e. The van der Waals surface area contributed by atoms with Crippen LogP contribution < -0.4 is 9.47 Å². The highest BCUT2D eigenvalue weighted by molar-refractivity contribution is 5.89. The van der Waals surface area contributed by atoms with Gasteiger partial charge in [-0.2, -0.15) is 0 Å². The lowest BCUT2D eigenvalue weighted by Crippen LogP contribution is -2.05. The van der Waals surface area contributed by atoms with Crippen LogP contribution in [0.15, 0.2) is 24.8 Å². The molecule has 2 N–H and O–H groups in total. The number of rotatable bonds is 5. The van der Waals surface area contributed by atoms with E-state index in [1.807, 2.05) is 0 Å². The van der Waals surface area contributed by atoms with Crippen LogP contribution in [0.25, 0.3) is 0 Å². The minimum absolute atomic E-state index is 0.0266. The number of carboxylic acids is 1. The zero-order chi connectivity index (χ0) is 13.0. The molecule has 0 aliphatic carbocycles. The van der Waals surface area contributed by atoms with Crippen LogP contribution in [0.5, 0.6) is 11.5 Å². The van der Waals surface area contributed by atoms with E-state index in [2.05, 4.69) is 6.58 Å². The summed E-state index contributed by atoms with van der Waals surface area (Å²) in [5.74, 6) is -0.607. The summed E-state index contributed by atoms with van der Waals surface area (Å²) in [6.45, 7) is 3.47. The fourth-order valence-corrected chi connectivity index (χ4v) is 1.47. The molecule has 0 heterocycles.